The lowest BCUT2D eigenvalue weighted by molar-refractivity contribution is 0.137. The molecular weight excluding hydrogens is 266 g/mol. The average Bonchev–Trinajstić information content (AvgIpc) is 2.83. The van der Waals surface area contributed by atoms with Gasteiger partial charge >= 0.3 is 0 Å². The summed E-state index contributed by atoms with van der Waals surface area (Å²) in [7, 11) is 1.63. The zero-order valence-electron chi connectivity index (χ0n) is 11.5. The Morgan fingerprint density at radius 2 is 1.76 bits per heavy atom. The van der Waals surface area contributed by atoms with Crippen LogP contribution in [0.3, 0.4) is 0 Å². The Bertz CT molecular complexity index is 1030. The van der Waals surface area contributed by atoms with Gasteiger partial charge in [-0.1, -0.05) is 24.3 Å². The van der Waals surface area contributed by atoms with Gasteiger partial charge in [-0.25, -0.2) is 9.38 Å². The predicted octanol–water partition coefficient (Wildman–Crippen LogP) is 2.41. The fourth-order valence-corrected chi connectivity index (χ4v) is 2.76. The van der Waals surface area contributed by atoms with E-state index >= 15 is 0 Å². The fraction of sp³-hybridized carbons (Fsp3) is 0.125. The summed E-state index contributed by atoms with van der Waals surface area (Å²) in [5.41, 5.74) is 2.41. The van der Waals surface area contributed by atoms with Gasteiger partial charge in [0.1, 0.15) is 6.73 Å². The number of ether oxygens (including phenoxy) is 1. The van der Waals surface area contributed by atoms with Gasteiger partial charge in [-0.15, -0.1) is 0 Å². The number of fused-ring (bicyclic) bond motifs is 4. The number of rotatable bonds is 2. The predicted molar refractivity (Wildman–Crippen MR) is 81.5 cm³/mol. The second-order valence-electron chi connectivity index (χ2n) is 4.90. The Morgan fingerprint density at radius 1 is 1.05 bits per heavy atom. The molecule has 0 unspecified atom stereocenters. The van der Waals surface area contributed by atoms with Gasteiger partial charge in [-0.05, 0) is 24.3 Å². The molecule has 0 atom stereocenters. The number of hydrogen-bond donors (Lipinski definition) is 0. The summed E-state index contributed by atoms with van der Waals surface area (Å²) in [5.74, 6) is 0.599. The van der Waals surface area contributed by atoms with Crippen LogP contribution >= 0.6 is 0 Å². The molecular formula is C16H13N3O2. The Kier molecular flexibility index (Phi) is 2.55. The molecule has 0 fully saturated rings. The molecule has 5 nitrogen and oxygen atoms in total. The topological polar surface area (TPSA) is 48.5 Å². The molecule has 5 heteroatoms. The fourth-order valence-electron chi connectivity index (χ4n) is 2.76. The summed E-state index contributed by atoms with van der Waals surface area (Å²) in [4.78, 5) is 17.4. The molecule has 0 aliphatic carbocycles. The third-order valence-electron chi connectivity index (χ3n) is 3.67. The van der Waals surface area contributed by atoms with Crippen molar-refractivity contribution in [2.75, 3.05) is 7.11 Å². The summed E-state index contributed by atoms with van der Waals surface area (Å²) in [6, 6.07) is 15.1. The van der Waals surface area contributed by atoms with Crippen LogP contribution in [0.25, 0.3) is 27.7 Å². The number of methoxy groups -OCH3 is 1. The zero-order valence-corrected chi connectivity index (χ0v) is 11.5. The molecule has 21 heavy (non-hydrogen) atoms. The molecule has 2 aromatic heterocycles. The first-order valence-electron chi connectivity index (χ1n) is 6.69. The average molecular weight is 279 g/mol. The first-order chi connectivity index (χ1) is 10.3. The van der Waals surface area contributed by atoms with Crippen molar-refractivity contribution in [3.63, 3.8) is 0 Å². The number of para-hydroxylation sites is 3. The van der Waals surface area contributed by atoms with Gasteiger partial charge in [-0.3, -0.25) is 9.36 Å². The maximum absolute atomic E-state index is 12.8. The van der Waals surface area contributed by atoms with E-state index in [-0.39, 0.29) is 5.56 Å². The third-order valence-corrected chi connectivity index (χ3v) is 3.67. The van der Waals surface area contributed by atoms with Crippen molar-refractivity contribution < 1.29 is 4.74 Å². The lowest BCUT2D eigenvalue weighted by Gasteiger charge is -2.04. The van der Waals surface area contributed by atoms with E-state index in [4.69, 9.17) is 4.74 Å². The highest BCUT2D eigenvalue weighted by Crippen LogP contribution is 2.20. The first kappa shape index (κ1) is 12.1. The van der Waals surface area contributed by atoms with Gasteiger partial charge in [0.15, 0.2) is 0 Å². The van der Waals surface area contributed by atoms with Crippen LogP contribution in [0, 0.1) is 0 Å². The Labute approximate surface area is 120 Å². The standard InChI is InChI=1S/C16H13N3O2/c1-21-10-18-13-8-4-5-9-14(13)19-15(20)11-6-2-3-7-12(11)17-16(18)19/h2-9H,10H2,1H3. The highest BCUT2D eigenvalue weighted by molar-refractivity contribution is 5.85. The van der Waals surface area contributed by atoms with Crippen LogP contribution in [0.5, 0.6) is 0 Å². The minimum absolute atomic E-state index is 0.0540. The molecule has 4 aromatic rings. The number of nitrogens with zero attached hydrogens (tertiary/aromatic N) is 3. The van der Waals surface area contributed by atoms with Crippen LogP contribution in [0.1, 0.15) is 0 Å². The van der Waals surface area contributed by atoms with Gasteiger partial charge in [0.25, 0.3) is 5.56 Å². The summed E-state index contributed by atoms with van der Waals surface area (Å²) >= 11 is 0. The number of imidazole rings is 1. The minimum atomic E-state index is -0.0540. The number of aromatic nitrogens is 3. The van der Waals surface area contributed by atoms with Gasteiger partial charge in [0.2, 0.25) is 5.78 Å². The maximum atomic E-state index is 12.8. The molecule has 0 bridgehead atoms. The van der Waals surface area contributed by atoms with Crippen LogP contribution in [0.2, 0.25) is 0 Å². The first-order valence-corrected chi connectivity index (χ1v) is 6.69. The van der Waals surface area contributed by atoms with Crippen LogP contribution in [0.15, 0.2) is 53.3 Å². The molecule has 104 valence electrons. The van der Waals surface area contributed by atoms with E-state index in [1.165, 1.54) is 0 Å². The molecule has 4 rings (SSSR count). The van der Waals surface area contributed by atoms with E-state index in [0.29, 0.717) is 23.4 Å². The Morgan fingerprint density at radius 3 is 2.57 bits per heavy atom. The molecule has 2 heterocycles. The monoisotopic (exact) mass is 279 g/mol. The number of hydrogen-bond acceptors (Lipinski definition) is 3. The van der Waals surface area contributed by atoms with Crippen LogP contribution < -0.4 is 5.56 Å². The van der Waals surface area contributed by atoms with E-state index in [0.717, 1.165) is 11.0 Å². The quantitative estimate of drug-likeness (QED) is 0.566. The maximum Gasteiger partial charge on any atom is 0.267 e. The normalized spacial score (nSPS) is 11.7. The molecule has 0 spiro atoms. The Balaban J connectivity index is 2.32. The summed E-state index contributed by atoms with van der Waals surface area (Å²) in [5, 5.41) is 0.621. The van der Waals surface area contributed by atoms with Crippen molar-refractivity contribution in [3.05, 3.63) is 58.9 Å². The highest BCUT2D eigenvalue weighted by Gasteiger charge is 2.14. The van der Waals surface area contributed by atoms with E-state index in [1.54, 1.807) is 17.6 Å². The second kappa shape index (κ2) is 4.43. The zero-order chi connectivity index (χ0) is 14.4. The summed E-state index contributed by atoms with van der Waals surface area (Å²) < 4.78 is 8.82. The summed E-state index contributed by atoms with van der Waals surface area (Å²) in [6.07, 6.45) is 0. The second-order valence-corrected chi connectivity index (χ2v) is 4.90. The summed E-state index contributed by atoms with van der Waals surface area (Å²) in [6.45, 7) is 0.349. The lowest BCUT2D eigenvalue weighted by atomic mass is 10.2. The molecule has 0 amide bonds. The molecule has 0 saturated heterocycles. The number of benzene rings is 2. The van der Waals surface area contributed by atoms with Gasteiger partial charge < -0.3 is 4.74 Å². The van der Waals surface area contributed by atoms with Gasteiger partial charge in [0, 0.05) is 7.11 Å². The van der Waals surface area contributed by atoms with Gasteiger partial charge in [-0.2, -0.15) is 0 Å². The largest absolute Gasteiger partial charge is 0.364 e. The SMILES string of the molecule is COCn1c2ccccc2n2c(=O)c3ccccc3nc12. The molecule has 0 saturated carbocycles. The van der Waals surface area contributed by atoms with Crippen molar-refractivity contribution in [2.45, 2.75) is 6.73 Å². The van der Waals surface area contributed by atoms with Crippen molar-refractivity contribution in [2.24, 2.45) is 0 Å². The van der Waals surface area contributed by atoms with E-state index in [9.17, 15) is 4.79 Å². The smallest absolute Gasteiger partial charge is 0.267 e. The molecule has 0 N–H and O–H groups in total. The van der Waals surface area contributed by atoms with E-state index < -0.39 is 0 Å². The van der Waals surface area contributed by atoms with Crippen molar-refractivity contribution in [1.29, 1.82) is 0 Å². The van der Waals surface area contributed by atoms with Crippen LogP contribution in [0.4, 0.5) is 0 Å². The highest BCUT2D eigenvalue weighted by atomic mass is 16.5. The van der Waals surface area contributed by atoms with E-state index in [2.05, 4.69) is 4.98 Å². The van der Waals surface area contributed by atoms with Crippen LogP contribution in [-0.2, 0) is 11.5 Å². The lowest BCUT2D eigenvalue weighted by Crippen LogP contribution is -2.15. The molecule has 2 aromatic carbocycles. The van der Waals surface area contributed by atoms with Crippen molar-refractivity contribution >= 4 is 27.7 Å². The molecule has 0 aliphatic heterocycles. The van der Waals surface area contributed by atoms with E-state index in [1.807, 2.05) is 47.0 Å². The Hall–Kier alpha value is -2.66. The third kappa shape index (κ3) is 1.61. The van der Waals surface area contributed by atoms with Gasteiger partial charge in [0.05, 0.1) is 21.9 Å². The van der Waals surface area contributed by atoms with Crippen molar-refractivity contribution in [3.8, 4) is 0 Å². The van der Waals surface area contributed by atoms with Crippen molar-refractivity contribution in [1.82, 2.24) is 14.0 Å². The molecule has 0 aliphatic rings. The van der Waals surface area contributed by atoms with Crippen LogP contribution in [-0.4, -0.2) is 21.1 Å². The minimum Gasteiger partial charge on any atom is -0.364 e. The molecule has 0 radical (unpaired) electrons.